The molecule has 0 aromatic heterocycles. The first-order chi connectivity index (χ1) is 8.50. The van der Waals surface area contributed by atoms with Gasteiger partial charge in [-0.3, -0.25) is 0 Å². The Hall–Kier alpha value is -1.27. The van der Waals surface area contributed by atoms with E-state index in [1.54, 1.807) is 26.8 Å². The summed E-state index contributed by atoms with van der Waals surface area (Å²) in [6.45, 7) is 5.40. The van der Waals surface area contributed by atoms with Gasteiger partial charge in [-0.05, 0) is 23.1 Å². The number of aliphatic hydroxyl groups excluding tert-OH is 1. The first-order valence-corrected chi connectivity index (χ1v) is 5.80. The lowest BCUT2D eigenvalue weighted by molar-refractivity contribution is -0.274. The van der Waals surface area contributed by atoms with Gasteiger partial charge in [0.2, 0.25) is 0 Å². The van der Waals surface area contributed by atoms with Gasteiger partial charge in [0.15, 0.2) is 0 Å². The summed E-state index contributed by atoms with van der Waals surface area (Å²) in [7, 11) is 0. The van der Waals surface area contributed by atoms with Crippen LogP contribution in [0.2, 0.25) is 0 Å². The summed E-state index contributed by atoms with van der Waals surface area (Å²) in [5, 5.41) is 10.0. The van der Waals surface area contributed by atoms with Gasteiger partial charge in [-0.2, -0.15) is 0 Å². The Morgan fingerprint density at radius 2 is 1.79 bits per heavy atom. The zero-order valence-electron chi connectivity index (χ0n) is 11.0. The maximum absolute atomic E-state index is 12.1. The molecule has 0 saturated heterocycles. The Kier molecular flexibility index (Phi) is 4.47. The third-order valence-corrected chi connectivity index (χ3v) is 2.70. The van der Waals surface area contributed by atoms with Crippen LogP contribution in [0.25, 0.3) is 0 Å². The zero-order valence-corrected chi connectivity index (χ0v) is 11.0. The van der Waals surface area contributed by atoms with E-state index in [1.165, 1.54) is 18.2 Å². The number of rotatable bonds is 3. The number of alkyl halides is 3. The molecular weight excluding hydrogens is 259 g/mol. The van der Waals surface area contributed by atoms with Crippen LogP contribution in [-0.2, 0) is 0 Å². The second-order valence-electron chi connectivity index (χ2n) is 5.46. The molecule has 0 saturated carbocycles. The third kappa shape index (κ3) is 4.72. The van der Waals surface area contributed by atoms with Crippen LogP contribution in [0.4, 0.5) is 13.2 Å². The van der Waals surface area contributed by atoms with Crippen LogP contribution in [0, 0.1) is 5.41 Å². The Bertz CT molecular complexity index is 427. The summed E-state index contributed by atoms with van der Waals surface area (Å²) in [6, 6.07) is 4.56. The van der Waals surface area contributed by atoms with E-state index in [2.05, 4.69) is 4.74 Å². The monoisotopic (exact) mass is 277 g/mol. The van der Waals surface area contributed by atoms with Gasteiger partial charge in [-0.25, -0.2) is 0 Å². The summed E-state index contributed by atoms with van der Waals surface area (Å²) in [6.07, 6.45) is -5.63. The lowest BCUT2D eigenvalue weighted by atomic mass is 9.82. The highest BCUT2D eigenvalue weighted by Crippen LogP contribution is 2.31. The maximum atomic E-state index is 12.1. The number of benzene rings is 1. The Morgan fingerprint density at radius 3 is 2.26 bits per heavy atom. The topological polar surface area (TPSA) is 55.5 Å². The Morgan fingerprint density at radius 1 is 1.21 bits per heavy atom. The average Bonchev–Trinajstić information content (AvgIpc) is 2.23. The SMILES string of the molecule is CC(C)(C)[C@H](O)[C@H](N)c1cccc(OC(F)(F)F)c1. The molecular formula is C13H18F3NO2. The number of ether oxygens (including phenoxy) is 1. The Labute approximate surface area is 110 Å². The molecule has 3 nitrogen and oxygen atoms in total. The van der Waals surface area contributed by atoms with Crippen molar-refractivity contribution >= 4 is 0 Å². The van der Waals surface area contributed by atoms with E-state index in [9.17, 15) is 18.3 Å². The van der Waals surface area contributed by atoms with Gasteiger partial charge >= 0.3 is 6.36 Å². The molecule has 1 aromatic rings. The van der Waals surface area contributed by atoms with Gasteiger partial charge in [-0.15, -0.1) is 13.2 Å². The molecule has 108 valence electrons. The minimum absolute atomic E-state index is 0.346. The standard InChI is InChI=1S/C13H18F3NO2/c1-12(2,3)11(18)10(17)8-5-4-6-9(7-8)19-13(14,15)16/h4-7,10-11,18H,17H2,1-3H3/t10-,11-/m1/s1. The molecule has 1 aromatic carbocycles. The van der Waals surface area contributed by atoms with Gasteiger partial charge < -0.3 is 15.6 Å². The predicted molar refractivity (Wildman–Crippen MR) is 65.5 cm³/mol. The molecule has 0 aliphatic heterocycles. The summed E-state index contributed by atoms with van der Waals surface area (Å²) >= 11 is 0. The second kappa shape index (κ2) is 5.38. The van der Waals surface area contributed by atoms with Crippen molar-refractivity contribution in [1.29, 1.82) is 0 Å². The summed E-state index contributed by atoms with van der Waals surface area (Å²) < 4.78 is 40.2. The van der Waals surface area contributed by atoms with Crippen molar-refractivity contribution in [3.8, 4) is 5.75 Å². The van der Waals surface area contributed by atoms with Crippen molar-refractivity contribution in [3.63, 3.8) is 0 Å². The maximum Gasteiger partial charge on any atom is 0.573 e. The van der Waals surface area contributed by atoms with E-state index in [0.717, 1.165) is 0 Å². The van der Waals surface area contributed by atoms with Gasteiger partial charge in [0.1, 0.15) is 5.75 Å². The molecule has 0 amide bonds. The van der Waals surface area contributed by atoms with Crippen LogP contribution >= 0.6 is 0 Å². The third-order valence-electron chi connectivity index (χ3n) is 2.70. The van der Waals surface area contributed by atoms with E-state index < -0.39 is 23.9 Å². The minimum Gasteiger partial charge on any atom is -0.406 e. The summed E-state index contributed by atoms with van der Waals surface area (Å²) in [4.78, 5) is 0. The van der Waals surface area contributed by atoms with E-state index in [0.29, 0.717) is 5.56 Å². The predicted octanol–water partition coefficient (Wildman–Crippen LogP) is 2.99. The number of aliphatic hydroxyl groups is 1. The fraction of sp³-hybridized carbons (Fsp3) is 0.538. The molecule has 0 aliphatic rings. The number of hydrogen-bond donors (Lipinski definition) is 2. The lowest BCUT2D eigenvalue weighted by Gasteiger charge is -2.31. The van der Waals surface area contributed by atoms with Crippen molar-refractivity contribution in [1.82, 2.24) is 0 Å². The van der Waals surface area contributed by atoms with Crippen molar-refractivity contribution in [3.05, 3.63) is 29.8 Å². The van der Waals surface area contributed by atoms with Crippen LogP contribution in [0.1, 0.15) is 32.4 Å². The van der Waals surface area contributed by atoms with Gasteiger partial charge in [0.05, 0.1) is 12.1 Å². The van der Waals surface area contributed by atoms with Gasteiger partial charge in [0.25, 0.3) is 0 Å². The summed E-state index contributed by atoms with van der Waals surface area (Å²) in [5.41, 5.74) is 5.79. The first-order valence-electron chi connectivity index (χ1n) is 5.80. The van der Waals surface area contributed by atoms with Gasteiger partial charge in [-0.1, -0.05) is 32.9 Å². The molecule has 0 fully saturated rings. The number of halogens is 3. The molecule has 0 radical (unpaired) electrons. The molecule has 0 aliphatic carbocycles. The highest BCUT2D eigenvalue weighted by molar-refractivity contribution is 5.31. The first kappa shape index (κ1) is 15.8. The second-order valence-corrected chi connectivity index (χ2v) is 5.46. The van der Waals surface area contributed by atoms with Crippen molar-refractivity contribution in [2.45, 2.75) is 39.3 Å². The van der Waals surface area contributed by atoms with Gasteiger partial charge in [0, 0.05) is 0 Å². The lowest BCUT2D eigenvalue weighted by Crippen LogP contribution is -2.37. The molecule has 0 spiro atoms. The van der Waals surface area contributed by atoms with Crippen LogP contribution in [0.5, 0.6) is 5.75 Å². The van der Waals surface area contributed by atoms with E-state index in [-0.39, 0.29) is 5.75 Å². The quantitative estimate of drug-likeness (QED) is 0.893. The van der Waals surface area contributed by atoms with Crippen molar-refractivity contribution in [2.75, 3.05) is 0 Å². The molecule has 1 rings (SSSR count). The highest BCUT2D eigenvalue weighted by atomic mass is 19.4. The molecule has 3 N–H and O–H groups in total. The van der Waals surface area contributed by atoms with E-state index >= 15 is 0 Å². The number of hydrogen-bond acceptors (Lipinski definition) is 3. The molecule has 0 unspecified atom stereocenters. The minimum atomic E-state index is -4.74. The largest absolute Gasteiger partial charge is 0.573 e. The van der Waals surface area contributed by atoms with E-state index in [4.69, 9.17) is 5.73 Å². The number of nitrogens with two attached hydrogens (primary N) is 1. The molecule has 0 bridgehead atoms. The summed E-state index contributed by atoms with van der Waals surface area (Å²) in [5.74, 6) is -0.346. The van der Waals surface area contributed by atoms with Crippen LogP contribution < -0.4 is 10.5 Å². The fourth-order valence-electron chi connectivity index (χ4n) is 1.64. The molecule has 2 atom stereocenters. The zero-order chi connectivity index (χ0) is 14.8. The average molecular weight is 277 g/mol. The van der Waals surface area contributed by atoms with Crippen LogP contribution in [-0.4, -0.2) is 17.6 Å². The molecule has 19 heavy (non-hydrogen) atoms. The molecule has 6 heteroatoms. The van der Waals surface area contributed by atoms with Crippen LogP contribution in [0.3, 0.4) is 0 Å². The Balaban J connectivity index is 2.93. The van der Waals surface area contributed by atoms with E-state index in [1.807, 2.05) is 0 Å². The fourth-order valence-corrected chi connectivity index (χ4v) is 1.64. The van der Waals surface area contributed by atoms with Crippen LogP contribution in [0.15, 0.2) is 24.3 Å². The van der Waals surface area contributed by atoms with Crippen molar-refractivity contribution < 1.29 is 23.0 Å². The smallest absolute Gasteiger partial charge is 0.406 e. The normalized spacial score (nSPS) is 16.0. The molecule has 0 heterocycles. The highest BCUT2D eigenvalue weighted by Gasteiger charge is 2.32. The van der Waals surface area contributed by atoms with Crippen molar-refractivity contribution in [2.24, 2.45) is 11.1 Å².